The lowest BCUT2D eigenvalue weighted by Crippen LogP contribution is -2.11. The summed E-state index contributed by atoms with van der Waals surface area (Å²) in [6, 6.07) is 9.15. The average molecular weight is 206 g/mol. The van der Waals surface area contributed by atoms with E-state index in [0.29, 0.717) is 5.76 Å². The molecule has 0 aromatic heterocycles. The number of aliphatic hydroxyl groups excluding tert-OH is 1. The lowest BCUT2D eigenvalue weighted by atomic mass is 10.2. The van der Waals surface area contributed by atoms with Crippen molar-refractivity contribution in [1.82, 2.24) is 0 Å². The second-order valence-corrected chi connectivity index (χ2v) is 3.32. The highest BCUT2D eigenvalue weighted by Gasteiger charge is 2.09. The van der Waals surface area contributed by atoms with Crippen molar-refractivity contribution in [3.05, 3.63) is 42.5 Å². The van der Waals surface area contributed by atoms with Gasteiger partial charge in [0.2, 0.25) is 0 Å². The van der Waals surface area contributed by atoms with E-state index in [0.717, 1.165) is 5.56 Å². The minimum absolute atomic E-state index is 0.0220. The molecule has 1 aromatic rings. The molecule has 0 amide bonds. The Morgan fingerprint density at radius 3 is 2.60 bits per heavy atom. The van der Waals surface area contributed by atoms with Crippen LogP contribution in [0.4, 0.5) is 0 Å². The van der Waals surface area contributed by atoms with Gasteiger partial charge in [-0.1, -0.05) is 36.9 Å². The molecule has 0 fully saturated rings. The molecule has 0 aliphatic carbocycles. The van der Waals surface area contributed by atoms with Crippen LogP contribution in [-0.2, 0) is 9.53 Å². The van der Waals surface area contributed by atoms with Crippen LogP contribution in [0, 0.1) is 0 Å². The van der Waals surface area contributed by atoms with Crippen LogP contribution in [0.1, 0.15) is 18.9 Å². The van der Waals surface area contributed by atoms with Crippen molar-refractivity contribution in [2.24, 2.45) is 0 Å². The lowest BCUT2D eigenvalue weighted by Gasteiger charge is -2.08. The predicted molar refractivity (Wildman–Crippen MR) is 57.9 cm³/mol. The molecule has 80 valence electrons. The number of benzene rings is 1. The van der Waals surface area contributed by atoms with Crippen molar-refractivity contribution in [3.63, 3.8) is 0 Å². The zero-order valence-electron chi connectivity index (χ0n) is 8.64. The van der Waals surface area contributed by atoms with Gasteiger partial charge in [-0.15, -0.1) is 0 Å². The molecule has 0 bridgehead atoms. The smallest absolute Gasteiger partial charge is 0.313 e. The first-order valence-electron chi connectivity index (χ1n) is 4.72. The molecule has 1 unspecified atom stereocenters. The summed E-state index contributed by atoms with van der Waals surface area (Å²) in [5.74, 6) is -0.167. The van der Waals surface area contributed by atoms with Gasteiger partial charge in [0.15, 0.2) is 0 Å². The van der Waals surface area contributed by atoms with Gasteiger partial charge in [0.1, 0.15) is 5.76 Å². The van der Waals surface area contributed by atoms with Crippen molar-refractivity contribution in [1.29, 1.82) is 0 Å². The zero-order chi connectivity index (χ0) is 11.3. The minimum Gasteiger partial charge on any atom is -0.426 e. The standard InChI is InChI=1S/C12H14O3/c1-9(13)8-12(14)15-10(2)11-6-4-3-5-7-11/h3-7,9,13H,2,8H2,1H3. The van der Waals surface area contributed by atoms with Gasteiger partial charge in [-0.25, -0.2) is 0 Å². The predicted octanol–water partition coefficient (Wildman–Crippen LogP) is 1.97. The van der Waals surface area contributed by atoms with Crippen LogP contribution in [0.5, 0.6) is 0 Å². The monoisotopic (exact) mass is 206 g/mol. The first-order valence-corrected chi connectivity index (χ1v) is 4.72. The molecule has 1 N–H and O–H groups in total. The summed E-state index contributed by atoms with van der Waals surface area (Å²) in [5, 5.41) is 8.98. The molecule has 0 saturated heterocycles. The van der Waals surface area contributed by atoms with E-state index in [4.69, 9.17) is 9.84 Å². The highest BCUT2D eigenvalue weighted by molar-refractivity contribution is 5.77. The van der Waals surface area contributed by atoms with Gasteiger partial charge in [0, 0.05) is 5.56 Å². The van der Waals surface area contributed by atoms with Crippen LogP contribution < -0.4 is 0 Å². The first kappa shape index (κ1) is 11.5. The molecule has 0 heterocycles. The van der Waals surface area contributed by atoms with E-state index in [-0.39, 0.29) is 6.42 Å². The third kappa shape index (κ3) is 3.95. The lowest BCUT2D eigenvalue weighted by molar-refractivity contribution is -0.138. The van der Waals surface area contributed by atoms with Gasteiger partial charge in [-0.05, 0) is 6.92 Å². The summed E-state index contributed by atoms with van der Waals surface area (Å²) in [7, 11) is 0. The number of esters is 1. The van der Waals surface area contributed by atoms with Crippen LogP contribution in [0.15, 0.2) is 36.9 Å². The summed E-state index contributed by atoms with van der Waals surface area (Å²) >= 11 is 0. The SMILES string of the molecule is C=C(OC(=O)CC(C)O)c1ccccc1. The largest absolute Gasteiger partial charge is 0.426 e. The highest BCUT2D eigenvalue weighted by Crippen LogP contribution is 2.13. The third-order valence-electron chi connectivity index (χ3n) is 1.79. The van der Waals surface area contributed by atoms with Gasteiger partial charge in [0.05, 0.1) is 12.5 Å². The van der Waals surface area contributed by atoms with Crippen molar-refractivity contribution >= 4 is 11.7 Å². The van der Waals surface area contributed by atoms with Gasteiger partial charge in [-0.2, -0.15) is 0 Å². The summed E-state index contributed by atoms with van der Waals surface area (Å²) in [5.41, 5.74) is 0.761. The maximum absolute atomic E-state index is 11.2. The molecule has 1 atom stereocenters. The van der Waals surface area contributed by atoms with E-state index in [2.05, 4.69) is 6.58 Å². The maximum Gasteiger partial charge on any atom is 0.313 e. The van der Waals surface area contributed by atoms with Crippen LogP contribution in [0.25, 0.3) is 5.76 Å². The van der Waals surface area contributed by atoms with Crippen molar-refractivity contribution in [3.8, 4) is 0 Å². The van der Waals surface area contributed by atoms with Crippen LogP contribution in [0.2, 0.25) is 0 Å². The Kier molecular flexibility index (Phi) is 4.06. The number of ether oxygens (including phenoxy) is 1. The van der Waals surface area contributed by atoms with Gasteiger partial charge >= 0.3 is 5.97 Å². The number of hydrogen-bond acceptors (Lipinski definition) is 3. The Labute approximate surface area is 89.0 Å². The Balaban J connectivity index is 2.53. The molecule has 3 heteroatoms. The number of rotatable bonds is 4. The first-order chi connectivity index (χ1) is 7.09. The van der Waals surface area contributed by atoms with Gasteiger partial charge in [-0.3, -0.25) is 4.79 Å². The second kappa shape index (κ2) is 5.32. The van der Waals surface area contributed by atoms with Crippen LogP contribution >= 0.6 is 0 Å². The Bertz CT molecular complexity index is 341. The number of carbonyl (C=O) groups is 1. The van der Waals surface area contributed by atoms with Crippen molar-refractivity contribution < 1.29 is 14.6 Å². The Morgan fingerprint density at radius 2 is 2.07 bits per heavy atom. The number of carbonyl (C=O) groups excluding carboxylic acids is 1. The molecular formula is C12H14O3. The fourth-order valence-electron chi connectivity index (χ4n) is 1.10. The molecule has 0 radical (unpaired) electrons. The molecule has 0 spiro atoms. The molecule has 0 saturated carbocycles. The molecule has 0 aliphatic rings. The van der Waals surface area contributed by atoms with Gasteiger partial charge in [0.25, 0.3) is 0 Å². The maximum atomic E-state index is 11.2. The number of aliphatic hydroxyl groups is 1. The fourth-order valence-corrected chi connectivity index (χ4v) is 1.10. The van der Waals surface area contributed by atoms with E-state index in [1.807, 2.05) is 18.2 Å². The summed E-state index contributed by atoms with van der Waals surface area (Å²) < 4.78 is 4.95. The quantitative estimate of drug-likeness (QED) is 0.605. The van der Waals surface area contributed by atoms with E-state index < -0.39 is 12.1 Å². The third-order valence-corrected chi connectivity index (χ3v) is 1.79. The van der Waals surface area contributed by atoms with E-state index >= 15 is 0 Å². The van der Waals surface area contributed by atoms with E-state index in [9.17, 15) is 4.79 Å². The van der Waals surface area contributed by atoms with Crippen LogP contribution in [0.3, 0.4) is 0 Å². The van der Waals surface area contributed by atoms with Gasteiger partial charge < -0.3 is 9.84 Å². The minimum atomic E-state index is -0.693. The molecule has 3 nitrogen and oxygen atoms in total. The molecule has 0 aliphatic heterocycles. The van der Waals surface area contributed by atoms with Crippen molar-refractivity contribution in [2.45, 2.75) is 19.4 Å². The molecule has 1 rings (SSSR count). The number of hydrogen-bond donors (Lipinski definition) is 1. The fraction of sp³-hybridized carbons (Fsp3) is 0.250. The molecule has 1 aromatic carbocycles. The van der Waals surface area contributed by atoms with E-state index in [1.165, 1.54) is 6.92 Å². The van der Waals surface area contributed by atoms with Crippen molar-refractivity contribution in [2.75, 3.05) is 0 Å². The Hall–Kier alpha value is -1.61. The van der Waals surface area contributed by atoms with E-state index in [1.54, 1.807) is 12.1 Å². The molecule has 15 heavy (non-hydrogen) atoms. The second-order valence-electron chi connectivity index (χ2n) is 3.32. The normalized spacial score (nSPS) is 11.9. The summed E-state index contributed by atoms with van der Waals surface area (Å²) in [6.07, 6.45) is -0.715. The average Bonchev–Trinajstić information content (AvgIpc) is 2.17. The highest BCUT2D eigenvalue weighted by atomic mass is 16.5. The summed E-state index contributed by atoms with van der Waals surface area (Å²) in [4.78, 5) is 11.2. The molecular weight excluding hydrogens is 192 g/mol. The zero-order valence-corrected chi connectivity index (χ0v) is 8.64. The summed E-state index contributed by atoms with van der Waals surface area (Å²) in [6.45, 7) is 5.18. The van der Waals surface area contributed by atoms with Crippen LogP contribution in [-0.4, -0.2) is 17.2 Å². The topological polar surface area (TPSA) is 46.5 Å². The Morgan fingerprint density at radius 1 is 1.47 bits per heavy atom.